The summed E-state index contributed by atoms with van der Waals surface area (Å²) < 4.78 is 5.51. The second-order valence-electron chi connectivity index (χ2n) is 6.28. The summed E-state index contributed by atoms with van der Waals surface area (Å²) in [5, 5.41) is 6.31. The fraction of sp³-hybridized carbons (Fsp3) is 0.0952. The van der Waals surface area contributed by atoms with Crippen molar-refractivity contribution in [1.82, 2.24) is 5.43 Å². The number of carbonyl (C=O) groups excluding carboxylic acids is 2. The Balaban J connectivity index is 1.70. The molecule has 3 aromatic rings. The highest BCUT2D eigenvalue weighted by Gasteiger charge is 2.31. The van der Waals surface area contributed by atoms with E-state index in [0.717, 1.165) is 21.9 Å². The molecule has 1 aliphatic heterocycles. The van der Waals surface area contributed by atoms with Gasteiger partial charge in [0.05, 0.1) is 11.3 Å². The van der Waals surface area contributed by atoms with Gasteiger partial charge in [0.25, 0.3) is 0 Å². The monoisotopic (exact) mass is 359 g/mol. The summed E-state index contributed by atoms with van der Waals surface area (Å²) in [5.41, 5.74) is 10.2. The third-order valence-corrected chi connectivity index (χ3v) is 4.54. The highest BCUT2D eigenvalue weighted by Crippen LogP contribution is 2.34. The number of hydrogen-bond donors (Lipinski definition) is 2. The maximum absolute atomic E-state index is 12.1. The molecule has 0 saturated heterocycles. The van der Waals surface area contributed by atoms with Crippen molar-refractivity contribution in [2.45, 2.75) is 12.5 Å². The molecule has 1 atom stereocenters. The summed E-state index contributed by atoms with van der Waals surface area (Å²) >= 11 is 0. The summed E-state index contributed by atoms with van der Waals surface area (Å²) in [7, 11) is 0. The lowest BCUT2D eigenvalue weighted by molar-refractivity contribution is 0.0400. The molecule has 3 N–H and O–H groups in total. The highest BCUT2D eigenvalue weighted by atomic mass is 16.5. The van der Waals surface area contributed by atoms with Crippen molar-refractivity contribution < 1.29 is 14.3 Å². The zero-order valence-electron chi connectivity index (χ0n) is 14.4. The second kappa shape index (κ2) is 6.92. The van der Waals surface area contributed by atoms with E-state index in [1.165, 1.54) is 0 Å². The predicted octanol–water partition coefficient (Wildman–Crippen LogP) is 3.51. The number of primary amides is 1. The van der Waals surface area contributed by atoms with Crippen LogP contribution in [0.4, 0.5) is 4.79 Å². The predicted molar refractivity (Wildman–Crippen MR) is 102 cm³/mol. The number of nitrogens with one attached hydrogen (secondary N) is 1. The van der Waals surface area contributed by atoms with Gasteiger partial charge in [0.2, 0.25) is 0 Å². The number of benzene rings is 3. The minimum absolute atomic E-state index is 0.321. The van der Waals surface area contributed by atoms with Crippen molar-refractivity contribution in [3.05, 3.63) is 83.4 Å². The van der Waals surface area contributed by atoms with Crippen LogP contribution in [0.25, 0.3) is 10.8 Å². The Hall–Kier alpha value is -3.67. The van der Waals surface area contributed by atoms with Gasteiger partial charge in [-0.15, -0.1) is 0 Å². The van der Waals surface area contributed by atoms with E-state index in [-0.39, 0.29) is 5.97 Å². The molecule has 6 heteroatoms. The van der Waals surface area contributed by atoms with Gasteiger partial charge in [0, 0.05) is 12.0 Å². The van der Waals surface area contributed by atoms with E-state index in [4.69, 9.17) is 10.5 Å². The van der Waals surface area contributed by atoms with Crippen LogP contribution in [0.2, 0.25) is 0 Å². The van der Waals surface area contributed by atoms with Crippen LogP contribution < -0.4 is 11.2 Å². The smallest absolute Gasteiger partial charge is 0.339 e. The number of hydrogen-bond acceptors (Lipinski definition) is 4. The largest absolute Gasteiger partial charge is 0.453 e. The number of carbonyl (C=O) groups is 2. The van der Waals surface area contributed by atoms with Gasteiger partial charge in [-0.2, -0.15) is 5.10 Å². The van der Waals surface area contributed by atoms with E-state index in [0.29, 0.717) is 17.7 Å². The fourth-order valence-electron chi connectivity index (χ4n) is 3.27. The Kier molecular flexibility index (Phi) is 4.30. The zero-order valence-corrected chi connectivity index (χ0v) is 14.4. The van der Waals surface area contributed by atoms with E-state index >= 15 is 0 Å². The maximum Gasteiger partial charge on any atom is 0.339 e. The van der Waals surface area contributed by atoms with Crippen molar-refractivity contribution in [3.63, 3.8) is 0 Å². The molecule has 0 fully saturated rings. The molecule has 2 amide bonds. The van der Waals surface area contributed by atoms with Crippen molar-refractivity contribution >= 4 is 28.5 Å². The number of nitrogens with two attached hydrogens (primary N) is 1. The third kappa shape index (κ3) is 3.37. The van der Waals surface area contributed by atoms with Gasteiger partial charge in [-0.3, -0.25) is 0 Å². The van der Waals surface area contributed by atoms with Crippen LogP contribution in [0.5, 0.6) is 0 Å². The summed E-state index contributed by atoms with van der Waals surface area (Å²) in [6.45, 7) is 0. The van der Waals surface area contributed by atoms with Crippen LogP contribution in [0.3, 0.4) is 0 Å². The molecule has 27 heavy (non-hydrogen) atoms. The lowest BCUT2D eigenvalue weighted by atomic mass is 9.96. The molecule has 0 unspecified atom stereocenters. The summed E-state index contributed by atoms with van der Waals surface area (Å²) in [6, 6.07) is 20.4. The quantitative estimate of drug-likeness (QED) is 0.424. The van der Waals surface area contributed by atoms with Crippen LogP contribution in [-0.4, -0.2) is 17.7 Å². The van der Waals surface area contributed by atoms with E-state index in [2.05, 4.69) is 10.5 Å². The number of rotatable bonds is 4. The first-order valence-electron chi connectivity index (χ1n) is 8.53. The number of nitrogens with zero attached hydrogens (tertiary/aromatic N) is 1. The van der Waals surface area contributed by atoms with E-state index in [9.17, 15) is 9.59 Å². The van der Waals surface area contributed by atoms with Crippen molar-refractivity contribution in [2.75, 3.05) is 0 Å². The second-order valence-corrected chi connectivity index (χ2v) is 6.28. The molecule has 0 saturated carbocycles. The fourth-order valence-corrected chi connectivity index (χ4v) is 3.27. The minimum Gasteiger partial charge on any atom is -0.453 e. The Bertz CT molecular complexity index is 1070. The minimum atomic E-state index is -0.753. The molecule has 0 aromatic heterocycles. The number of urea groups is 1. The lowest BCUT2D eigenvalue weighted by Gasteiger charge is -2.14. The van der Waals surface area contributed by atoms with Crippen LogP contribution in [-0.2, 0) is 4.74 Å². The van der Waals surface area contributed by atoms with Crippen molar-refractivity contribution in [2.24, 2.45) is 10.8 Å². The van der Waals surface area contributed by atoms with Gasteiger partial charge in [0.1, 0.15) is 6.10 Å². The number of amides is 2. The molecule has 0 aliphatic carbocycles. The Morgan fingerprint density at radius 3 is 2.59 bits per heavy atom. The maximum atomic E-state index is 12.1. The van der Waals surface area contributed by atoms with Gasteiger partial charge in [-0.1, -0.05) is 54.6 Å². The molecule has 0 radical (unpaired) electrons. The summed E-state index contributed by atoms with van der Waals surface area (Å²) in [6.07, 6.45) is -0.143. The number of esters is 1. The Labute approximate surface area is 155 Å². The van der Waals surface area contributed by atoms with Gasteiger partial charge >= 0.3 is 12.0 Å². The first-order chi connectivity index (χ1) is 13.1. The van der Waals surface area contributed by atoms with Crippen LogP contribution in [0.15, 0.2) is 71.8 Å². The van der Waals surface area contributed by atoms with Gasteiger partial charge in [-0.05, 0) is 28.5 Å². The molecule has 0 bridgehead atoms. The number of hydrazone groups is 1. The topological polar surface area (TPSA) is 93.8 Å². The summed E-state index contributed by atoms with van der Waals surface area (Å²) in [5.74, 6) is -0.351. The van der Waals surface area contributed by atoms with E-state index < -0.39 is 12.1 Å². The zero-order chi connectivity index (χ0) is 18.8. The first-order valence-corrected chi connectivity index (χ1v) is 8.53. The molecule has 0 spiro atoms. The number of fused-ring (bicyclic) bond motifs is 2. The number of cyclic esters (lactones) is 1. The Morgan fingerprint density at radius 1 is 1.04 bits per heavy atom. The number of ether oxygens (including phenoxy) is 1. The van der Waals surface area contributed by atoms with Crippen LogP contribution >= 0.6 is 0 Å². The molecule has 6 nitrogen and oxygen atoms in total. The van der Waals surface area contributed by atoms with Gasteiger partial charge < -0.3 is 10.5 Å². The average molecular weight is 359 g/mol. The van der Waals surface area contributed by atoms with Crippen molar-refractivity contribution in [3.8, 4) is 0 Å². The molecule has 3 aromatic carbocycles. The lowest BCUT2D eigenvalue weighted by Crippen LogP contribution is -2.26. The summed E-state index contributed by atoms with van der Waals surface area (Å²) in [4.78, 5) is 23.2. The standard InChI is InChI=1S/C21H17N3O3/c22-21(26)24-23-18(15-10-9-13-5-1-2-6-14(13)11-15)12-19-16-7-3-4-8-17(16)20(25)27-19/h1-11,19H,12H2,(H3,22,24,26)/b23-18-/t19-/m0/s1. The average Bonchev–Trinajstić information content (AvgIpc) is 3.00. The molecular formula is C21H17N3O3. The molecule has 1 aliphatic rings. The Morgan fingerprint density at radius 2 is 1.78 bits per heavy atom. The highest BCUT2D eigenvalue weighted by molar-refractivity contribution is 6.05. The van der Waals surface area contributed by atoms with Gasteiger partial charge in [-0.25, -0.2) is 15.0 Å². The van der Waals surface area contributed by atoms with Gasteiger partial charge in [0.15, 0.2) is 0 Å². The first kappa shape index (κ1) is 16.8. The molecule has 4 rings (SSSR count). The van der Waals surface area contributed by atoms with Crippen LogP contribution in [0, 0.1) is 0 Å². The van der Waals surface area contributed by atoms with E-state index in [1.807, 2.05) is 54.6 Å². The normalized spacial score (nSPS) is 16.1. The molecular weight excluding hydrogens is 342 g/mol. The SMILES string of the molecule is NC(=O)N/N=C(/C[C@@H]1OC(=O)c2ccccc21)c1ccc2ccccc2c1. The van der Waals surface area contributed by atoms with Crippen molar-refractivity contribution in [1.29, 1.82) is 0 Å². The third-order valence-electron chi connectivity index (χ3n) is 4.54. The van der Waals surface area contributed by atoms with E-state index in [1.54, 1.807) is 12.1 Å². The molecule has 1 heterocycles. The molecule has 134 valence electrons. The van der Waals surface area contributed by atoms with Crippen LogP contribution in [0.1, 0.15) is 34.0 Å².